The van der Waals surface area contributed by atoms with E-state index in [1.165, 1.54) is 0 Å². The quantitative estimate of drug-likeness (QED) is 0.670. The number of carbonyl (C=O) groups excluding carboxylic acids is 1. The average molecular weight is 362 g/mol. The Hall–Kier alpha value is -3.33. The number of hydrogen-bond acceptors (Lipinski definition) is 4. The predicted octanol–water partition coefficient (Wildman–Crippen LogP) is 3.72. The molecule has 0 spiro atoms. The molecule has 1 aromatic heterocycles. The second kappa shape index (κ2) is 8.37. The van der Waals surface area contributed by atoms with Gasteiger partial charge in [-0.1, -0.05) is 38.1 Å². The number of nitrogens with one attached hydrogen (secondary N) is 2. The monoisotopic (exact) mass is 362 g/mol. The first-order valence-electron chi connectivity index (χ1n) is 8.92. The van der Waals surface area contributed by atoms with Crippen LogP contribution in [0, 0.1) is 17.2 Å². The number of rotatable bonds is 7. The van der Waals surface area contributed by atoms with Crippen molar-refractivity contribution in [3.63, 3.8) is 0 Å². The van der Waals surface area contributed by atoms with Gasteiger partial charge in [-0.05, 0) is 36.6 Å². The van der Waals surface area contributed by atoms with E-state index in [-0.39, 0.29) is 18.6 Å². The van der Waals surface area contributed by atoms with Crippen LogP contribution in [0.15, 0.2) is 48.5 Å². The summed E-state index contributed by atoms with van der Waals surface area (Å²) in [5.74, 6) is 1.26. The largest absolute Gasteiger partial charge is 0.482 e. The highest BCUT2D eigenvalue weighted by Crippen LogP contribution is 2.22. The van der Waals surface area contributed by atoms with Gasteiger partial charge in [0.05, 0.1) is 22.6 Å². The van der Waals surface area contributed by atoms with Crippen molar-refractivity contribution in [3.05, 3.63) is 59.9 Å². The van der Waals surface area contributed by atoms with Crippen LogP contribution < -0.4 is 10.1 Å². The molecule has 1 amide bonds. The fraction of sp³-hybridized carbons (Fsp3) is 0.286. The number of imidazole rings is 1. The molecule has 0 saturated carbocycles. The van der Waals surface area contributed by atoms with Gasteiger partial charge in [-0.3, -0.25) is 4.79 Å². The third-order valence-electron chi connectivity index (χ3n) is 4.15. The third kappa shape index (κ3) is 4.64. The number of nitrogens with zero attached hydrogens (tertiary/aromatic N) is 2. The number of carbonyl (C=O) groups is 1. The average Bonchev–Trinajstić information content (AvgIpc) is 3.10. The van der Waals surface area contributed by atoms with Crippen LogP contribution in [0.5, 0.6) is 5.75 Å². The van der Waals surface area contributed by atoms with Crippen LogP contribution in [0.4, 0.5) is 0 Å². The first-order chi connectivity index (χ1) is 13.1. The van der Waals surface area contributed by atoms with Gasteiger partial charge >= 0.3 is 0 Å². The van der Waals surface area contributed by atoms with E-state index in [1.54, 1.807) is 24.3 Å². The summed E-state index contributed by atoms with van der Waals surface area (Å²) in [6.07, 6.45) is 0.750. The Bertz CT molecular complexity index is 938. The van der Waals surface area contributed by atoms with E-state index in [0.29, 0.717) is 17.2 Å². The van der Waals surface area contributed by atoms with Crippen molar-refractivity contribution in [2.45, 2.75) is 26.3 Å². The molecule has 2 aromatic carbocycles. The maximum atomic E-state index is 12.4. The van der Waals surface area contributed by atoms with E-state index in [2.05, 4.69) is 35.2 Å². The van der Waals surface area contributed by atoms with E-state index in [9.17, 15) is 4.79 Å². The van der Waals surface area contributed by atoms with Gasteiger partial charge in [-0.15, -0.1) is 0 Å². The smallest absolute Gasteiger partial charge is 0.258 e. The zero-order valence-electron chi connectivity index (χ0n) is 15.4. The lowest BCUT2D eigenvalue weighted by molar-refractivity contribution is -0.124. The molecule has 1 atom stereocenters. The van der Waals surface area contributed by atoms with Crippen LogP contribution in [0.2, 0.25) is 0 Å². The van der Waals surface area contributed by atoms with Gasteiger partial charge in [0.25, 0.3) is 5.91 Å². The maximum absolute atomic E-state index is 12.4. The van der Waals surface area contributed by atoms with Crippen LogP contribution >= 0.6 is 0 Å². The first-order valence-corrected chi connectivity index (χ1v) is 8.92. The summed E-state index contributed by atoms with van der Waals surface area (Å²) >= 11 is 0. The Labute approximate surface area is 158 Å². The SMILES string of the molecule is CC(C)C[C@H](NC(=O)COc1ccccc1C#N)c1nc2ccccc2[nH]1. The molecule has 3 aromatic rings. The Morgan fingerprint density at radius 2 is 1.96 bits per heavy atom. The number of aromatic amines is 1. The molecular weight excluding hydrogens is 340 g/mol. The molecule has 0 unspecified atom stereocenters. The van der Waals surface area contributed by atoms with Crippen LogP contribution in [-0.4, -0.2) is 22.5 Å². The molecular formula is C21H22N4O2. The molecule has 0 aliphatic carbocycles. The number of benzene rings is 2. The van der Waals surface area contributed by atoms with Crippen LogP contribution in [0.3, 0.4) is 0 Å². The Balaban J connectivity index is 1.70. The van der Waals surface area contributed by atoms with Crippen molar-refractivity contribution in [2.24, 2.45) is 5.92 Å². The molecule has 6 nitrogen and oxygen atoms in total. The fourth-order valence-corrected chi connectivity index (χ4v) is 2.91. The summed E-state index contributed by atoms with van der Waals surface area (Å²) in [5.41, 5.74) is 2.21. The van der Waals surface area contributed by atoms with Crippen molar-refractivity contribution in [1.82, 2.24) is 15.3 Å². The van der Waals surface area contributed by atoms with Crippen LogP contribution in [-0.2, 0) is 4.79 Å². The lowest BCUT2D eigenvalue weighted by Crippen LogP contribution is -2.34. The molecule has 0 saturated heterocycles. The summed E-state index contributed by atoms with van der Waals surface area (Å²) < 4.78 is 5.53. The van der Waals surface area contributed by atoms with Crippen molar-refractivity contribution in [1.29, 1.82) is 5.26 Å². The van der Waals surface area contributed by atoms with E-state index >= 15 is 0 Å². The molecule has 2 N–H and O–H groups in total. The molecule has 1 heterocycles. The minimum atomic E-state index is -0.256. The van der Waals surface area contributed by atoms with Gasteiger partial charge in [0.2, 0.25) is 0 Å². The standard InChI is InChI=1S/C21H22N4O2/c1-14(2)11-18(21-24-16-8-4-5-9-17(16)25-21)23-20(26)13-27-19-10-6-3-7-15(19)12-22/h3-10,14,18H,11,13H2,1-2H3,(H,23,26)(H,24,25)/t18-/m0/s1. The Morgan fingerprint density at radius 1 is 1.22 bits per heavy atom. The molecule has 3 rings (SSSR count). The van der Waals surface area contributed by atoms with Crippen molar-refractivity contribution in [2.75, 3.05) is 6.61 Å². The number of amides is 1. The van der Waals surface area contributed by atoms with E-state index < -0.39 is 0 Å². The van der Waals surface area contributed by atoms with Gasteiger partial charge in [0.1, 0.15) is 17.6 Å². The number of H-pyrrole nitrogens is 1. The zero-order valence-corrected chi connectivity index (χ0v) is 15.4. The number of hydrogen-bond donors (Lipinski definition) is 2. The summed E-state index contributed by atoms with van der Waals surface area (Å²) in [6.45, 7) is 4.04. The van der Waals surface area contributed by atoms with E-state index in [4.69, 9.17) is 10.00 Å². The van der Waals surface area contributed by atoms with Gasteiger partial charge in [-0.25, -0.2) is 4.98 Å². The van der Waals surface area contributed by atoms with Crippen molar-refractivity contribution >= 4 is 16.9 Å². The Kier molecular flexibility index (Phi) is 5.72. The zero-order chi connectivity index (χ0) is 19.2. The predicted molar refractivity (Wildman–Crippen MR) is 103 cm³/mol. The van der Waals surface area contributed by atoms with Gasteiger partial charge in [0, 0.05) is 0 Å². The molecule has 27 heavy (non-hydrogen) atoms. The fourth-order valence-electron chi connectivity index (χ4n) is 2.91. The molecule has 0 aliphatic heterocycles. The number of fused-ring (bicyclic) bond motifs is 1. The third-order valence-corrected chi connectivity index (χ3v) is 4.15. The highest BCUT2D eigenvalue weighted by molar-refractivity contribution is 5.78. The maximum Gasteiger partial charge on any atom is 0.258 e. The summed E-state index contributed by atoms with van der Waals surface area (Å²) in [4.78, 5) is 20.3. The minimum absolute atomic E-state index is 0.159. The Morgan fingerprint density at radius 3 is 2.70 bits per heavy atom. The molecule has 0 aliphatic rings. The highest BCUT2D eigenvalue weighted by atomic mass is 16.5. The summed E-state index contributed by atoms with van der Waals surface area (Å²) in [7, 11) is 0. The van der Waals surface area contributed by atoms with Crippen molar-refractivity contribution < 1.29 is 9.53 Å². The topological polar surface area (TPSA) is 90.8 Å². The first kappa shape index (κ1) is 18.5. The molecule has 6 heteroatoms. The minimum Gasteiger partial charge on any atom is -0.482 e. The normalized spacial score (nSPS) is 11.9. The van der Waals surface area contributed by atoms with E-state index in [1.807, 2.05) is 24.3 Å². The number of nitriles is 1. The van der Waals surface area contributed by atoms with Crippen LogP contribution in [0.25, 0.3) is 11.0 Å². The van der Waals surface area contributed by atoms with Gasteiger partial charge in [-0.2, -0.15) is 5.26 Å². The second-order valence-electron chi connectivity index (χ2n) is 6.79. The van der Waals surface area contributed by atoms with Gasteiger partial charge in [0.15, 0.2) is 6.61 Å². The summed E-state index contributed by atoms with van der Waals surface area (Å²) in [6, 6.07) is 16.5. The highest BCUT2D eigenvalue weighted by Gasteiger charge is 2.20. The summed E-state index contributed by atoms with van der Waals surface area (Å²) in [5, 5.41) is 12.1. The molecule has 138 valence electrons. The van der Waals surface area contributed by atoms with Crippen molar-refractivity contribution in [3.8, 4) is 11.8 Å². The number of ether oxygens (including phenoxy) is 1. The second-order valence-corrected chi connectivity index (χ2v) is 6.79. The lowest BCUT2D eigenvalue weighted by atomic mass is 10.0. The number of aromatic nitrogens is 2. The lowest BCUT2D eigenvalue weighted by Gasteiger charge is -2.19. The molecule has 0 fully saturated rings. The van der Waals surface area contributed by atoms with E-state index in [0.717, 1.165) is 23.3 Å². The molecule has 0 bridgehead atoms. The molecule has 0 radical (unpaired) electrons. The number of para-hydroxylation sites is 3. The van der Waals surface area contributed by atoms with Gasteiger partial charge < -0.3 is 15.0 Å². The van der Waals surface area contributed by atoms with Crippen LogP contribution in [0.1, 0.15) is 37.7 Å².